The van der Waals surface area contributed by atoms with Gasteiger partial charge in [-0.1, -0.05) is 12.1 Å². The van der Waals surface area contributed by atoms with Crippen molar-refractivity contribution in [1.82, 2.24) is 0 Å². The molecule has 0 aliphatic heterocycles. The van der Waals surface area contributed by atoms with Crippen LogP contribution in [0.2, 0.25) is 0 Å². The third kappa shape index (κ3) is 2.85. The number of hydrogen-bond acceptors (Lipinski definition) is 4. The van der Waals surface area contributed by atoms with Gasteiger partial charge in [0.2, 0.25) is 0 Å². The Morgan fingerprint density at radius 1 is 1.35 bits per heavy atom. The second-order valence-electron chi connectivity index (χ2n) is 3.52. The Labute approximate surface area is 104 Å². The molecule has 1 aromatic carbocycles. The van der Waals surface area contributed by atoms with E-state index in [0.717, 1.165) is 5.69 Å². The lowest BCUT2D eigenvalue weighted by Gasteiger charge is -2.09. The molecule has 2 aromatic rings. The first-order chi connectivity index (χ1) is 8.31. The summed E-state index contributed by atoms with van der Waals surface area (Å²) in [6.07, 6.45) is 0. The van der Waals surface area contributed by atoms with Gasteiger partial charge < -0.3 is 10.1 Å². The zero-order valence-corrected chi connectivity index (χ0v) is 10.3. The van der Waals surface area contributed by atoms with E-state index in [1.807, 2.05) is 23.6 Å². The molecule has 2 rings (SSSR count). The first-order valence-electron chi connectivity index (χ1n) is 5.23. The lowest BCUT2D eigenvalue weighted by molar-refractivity contribution is 0.0602. The lowest BCUT2D eigenvalue weighted by Crippen LogP contribution is -2.07. The molecule has 3 nitrogen and oxygen atoms in total. The molecule has 0 saturated carbocycles. The maximum absolute atomic E-state index is 11.5. The highest BCUT2D eigenvalue weighted by molar-refractivity contribution is 7.07. The van der Waals surface area contributed by atoms with Gasteiger partial charge in [0, 0.05) is 12.2 Å². The smallest absolute Gasteiger partial charge is 0.339 e. The van der Waals surface area contributed by atoms with E-state index in [1.165, 1.54) is 12.7 Å². The Balaban J connectivity index is 2.12. The summed E-state index contributed by atoms with van der Waals surface area (Å²) >= 11 is 1.66. The van der Waals surface area contributed by atoms with E-state index >= 15 is 0 Å². The molecule has 0 fully saturated rings. The van der Waals surface area contributed by atoms with Gasteiger partial charge in [-0.3, -0.25) is 0 Å². The molecule has 17 heavy (non-hydrogen) atoms. The number of para-hydroxylation sites is 1. The van der Waals surface area contributed by atoms with Crippen LogP contribution in [0.25, 0.3) is 0 Å². The van der Waals surface area contributed by atoms with Crippen LogP contribution in [0.3, 0.4) is 0 Å². The number of rotatable bonds is 4. The van der Waals surface area contributed by atoms with Gasteiger partial charge in [0.05, 0.1) is 12.7 Å². The minimum Gasteiger partial charge on any atom is -0.465 e. The van der Waals surface area contributed by atoms with Crippen LogP contribution in [-0.2, 0) is 11.3 Å². The van der Waals surface area contributed by atoms with Crippen LogP contribution in [-0.4, -0.2) is 13.1 Å². The Kier molecular flexibility index (Phi) is 3.77. The summed E-state index contributed by atoms with van der Waals surface area (Å²) in [7, 11) is 1.39. The number of benzene rings is 1. The average molecular weight is 247 g/mol. The van der Waals surface area contributed by atoms with Crippen LogP contribution in [0.1, 0.15) is 15.9 Å². The molecule has 1 heterocycles. The van der Waals surface area contributed by atoms with Gasteiger partial charge in [0.15, 0.2) is 0 Å². The highest BCUT2D eigenvalue weighted by atomic mass is 32.1. The molecular weight excluding hydrogens is 234 g/mol. The number of esters is 1. The second kappa shape index (κ2) is 5.50. The molecule has 0 spiro atoms. The number of thiophene rings is 1. The third-order valence-electron chi connectivity index (χ3n) is 2.40. The molecule has 0 aliphatic rings. The molecule has 1 N–H and O–H groups in total. The molecule has 4 heteroatoms. The van der Waals surface area contributed by atoms with Crippen LogP contribution in [0.4, 0.5) is 5.69 Å². The second-order valence-corrected chi connectivity index (χ2v) is 4.30. The molecule has 1 aromatic heterocycles. The fourth-order valence-corrected chi connectivity index (χ4v) is 2.18. The fraction of sp³-hybridized carbons (Fsp3) is 0.154. The quantitative estimate of drug-likeness (QED) is 0.843. The van der Waals surface area contributed by atoms with E-state index in [9.17, 15) is 4.79 Å². The predicted octanol–water partition coefficient (Wildman–Crippen LogP) is 3.15. The number of methoxy groups -OCH3 is 1. The van der Waals surface area contributed by atoms with Crippen molar-refractivity contribution in [2.24, 2.45) is 0 Å². The predicted molar refractivity (Wildman–Crippen MR) is 69.4 cm³/mol. The zero-order valence-electron chi connectivity index (χ0n) is 9.47. The van der Waals surface area contributed by atoms with Crippen LogP contribution < -0.4 is 5.32 Å². The first-order valence-corrected chi connectivity index (χ1v) is 6.18. The van der Waals surface area contributed by atoms with Crippen molar-refractivity contribution < 1.29 is 9.53 Å². The van der Waals surface area contributed by atoms with E-state index in [4.69, 9.17) is 4.74 Å². The number of hydrogen-bond donors (Lipinski definition) is 1. The van der Waals surface area contributed by atoms with Crippen molar-refractivity contribution in [3.05, 3.63) is 52.2 Å². The van der Waals surface area contributed by atoms with Gasteiger partial charge in [-0.05, 0) is 34.5 Å². The molecular formula is C13H13NO2S. The molecule has 0 radical (unpaired) electrons. The minimum absolute atomic E-state index is 0.321. The van der Waals surface area contributed by atoms with E-state index in [1.54, 1.807) is 17.4 Å². The van der Waals surface area contributed by atoms with Gasteiger partial charge in [0.1, 0.15) is 0 Å². The fourth-order valence-electron chi connectivity index (χ4n) is 1.52. The highest BCUT2D eigenvalue weighted by Crippen LogP contribution is 2.17. The molecule has 0 amide bonds. The molecule has 0 saturated heterocycles. The van der Waals surface area contributed by atoms with Crippen molar-refractivity contribution in [3.63, 3.8) is 0 Å². The van der Waals surface area contributed by atoms with E-state index in [2.05, 4.69) is 16.8 Å². The lowest BCUT2D eigenvalue weighted by atomic mass is 10.1. The maximum atomic E-state index is 11.5. The summed E-state index contributed by atoms with van der Waals surface area (Å²) in [6.45, 7) is 0.706. The normalized spacial score (nSPS) is 9.94. The number of ether oxygens (including phenoxy) is 1. The third-order valence-corrected chi connectivity index (χ3v) is 3.13. The standard InChI is InChI=1S/C13H13NO2S/c1-16-13(15)11-4-2-3-5-12(11)14-8-10-6-7-17-9-10/h2-7,9,14H,8H2,1H3. The summed E-state index contributed by atoms with van der Waals surface area (Å²) in [6, 6.07) is 9.39. The molecule has 0 unspecified atom stereocenters. The zero-order chi connectivity index (χ0) is 12.1. The molecule has 88 valence electrons. The summed E-state index contributed by atoms with van der Waals surface area (Å²) in [5, 5.41) is 7.34. The first kappa shape index (κ1) is 11.7. The summed E-state index contributed by atoms with van der Waals surface area (Å²) < 4.78 is 4.74. The Morgan fingerprint density at radius 3 is 2.88 bits per heavy atom. The number of carbonyl (C=O) groups excluding carboxylic acids is 1. The number of carbonyl (C=O) groups is 1. The van der Waals surface area contributed by atoms with Crippen molar-refractivity contribution in [2.45, 2.75) is 6.54 Å². The van der Waals surface area contributed by atoms with Crippen LogP contribution in [0.15, 0.2) is 41.1 Å². The molecule has 0 bridgehead atoms. The Morgan fingerprint density at radius 2 is 2.18 bits per heavy atom. The van der Waals surface area contributed by atoms with Crippen LogP contribution in [0, 0.1) is 0 Å². The average Bonchev–Trinajstić information content (AvgIpc) is 2.89. The van der Waals surface area contributed by atoms with Gasteiger partial charge in [0.25, 0.3) is 0 Å². The summed E-state index contributed by atoms with van der Waals surface area (Å²) in [4.78, 5) is 11.5. The van der Waals surface area contributed by atoms with Crippen LogP contribution >= 0.6 is 11.3 Å². The SMILES string of the molecule is COC(=O)c1ccccc1NCc1ccsc1. The van der Waals surface area contributed by atoms with Gasteiger partial charge in [-0.2, -0.15) is 11.3 Å². The largest absolute Gasteiger partial charge is 0.465 e. The molecule has 0 aliphatic carbocycles. The number of nitrogens with one attached hydrogen (secondary N) is 1. The van der Waals surface area contributed by atoms with Crippen molar-refractivity contribution in [1.29, 1.82) is 0 Å². The Bertz CT molecular complexity index is 494. The van der Waals surface area contributed by atoms with Crippen molar-refractivity contribution in [3.8, 4) is 0 Å². The number of anilines is 1. The van der Waals surface area contributed by atoms with Crippen molar-refractivity contribution >= 4 is 23.0 Å². The van der Waals surface area contributed by atoms with Crippen LogP contribution in [0.5, 0.6) is 0 Å². The van der Waals surface area contributed by atoms with E-state index in [0.29, 0.717) is 12.1 Å². The van der Waals surface area contributed by atoms with Crippen molar-refractivity contribution in [2.75, 3.05) is 12.4 Å². The van der Waals surface area contributed by atoms with Gasteiger partial charge in [-0.25, -0.2) is 4.79 Å². The monoisotopic (exact) mass is 247 g/mol. The summed E-state index contributed by atoms with van der Waals surface area (Å²) in [5.74, 6) is -0.321. The Hall–Kier alpha value is -1.81. The highest BCUT2D eigenvalue weighted by Gasteiger charge is 2.10. The topological polar surface area (TPSA) is 38.3 Å². The minimum atomic E-state index is -0.321. The van der Waals surface area contributed by atoms with Gasteiger partial charge >= 0.3 is 5.97 Å². The van der Waals surface area contributed by atoms with Gasteiger partial charge in [-0.15, -0.1) is 0 Å². The molecule has 0 atom stereocenters. The summed E-state index contributed by atoms with van der Waals surface area (Å²) in [5.41, 5.74) is 2.56. The van der Waals surface area contributed by atoms with E-state index in [-0.39, 0.29) is 5.97 Å². The van der Waals surface area contributed by atoms with E-state index < -0.39 is 0 Å². The maximum Gasteiger partial charge on any atom is 0.339 e.